The molecule has 0 spiro atoms. The molecule has 0 saturated carbocycles. The van der Waals surface area contributed by atoms with Crippen LogP contribution in [-0.4, -0.2) is 0 Å². The number of hydrogen-bond donors (Lipinski definition) is 0. The monoisotopic (exact) mass is 182 g/mol. The Morgan fingerprint density at radius 3 is 1.92 bits per heavy atom. The van der Waals surface area contributed by atoms with E-state index in [9.17, 15) is 0 Å². The Balaban J connectivity index is 4.52. The summed E-state index contributed by atoms with van der Waals surface area (Å²) in [5.41, 5.74) is 1.77. The second-order valence-electron chi connectivity index (χ2n) is 5.19. The molecular formula is C13H26. The molecular weight excluding hydrogens is 156 g/mol. The van der Waals surface area contributed by atoms with Crippen molar-refractivity contribution in [3.63, 3.8) is 0 Å². The molecule has 0 aliphatic carbocycles. The van der Waals surface area contributed by atoms with E-state index < -0.39 is 0 Å². The Bertz CT molecular complexity index is 165. The maximum Gasteiger partial charge on any atom is -0.0117 e. The maximum absolute atomic E-state index is 4.25. The van der Waals surface area contributed by atoms with Gasteiger partial charge in [-0.05, 0) is 30.1 Å². The highest BCUT2D eigenvalue weighted by Crippen LogP contribution is 2.39. The van der Waals surface area contributed by atoms with E-state index >= 15 is 0 Å². The standard InChI is InChI=1S/C13H26/c1-8-13(7,9-10(2)3)12(6)11(4)5/h10-11H,6,8-9H2,1-5,7H3. The summed E-state index contributed by atoms with van der Waals surface area (Å²) in [5.74, 6) is 1.38. The summed E-state index contributed by atoms with van der Waals surface area (Å²) >= 11 is 0. The highest BCUT2D eigenvalue weighted by atomic mass is 14.3. The molecule has 0 aromatic rings. The van der Waals surface area contributed by atoms with Gasteiger partial charge in [-0.25, -0.2) is 0 Å². The smallest absolute Gasteiger partial charge is 0.0117 e. The predicted molar refractivity (Wildman–Crippen MR) is 61.8 cm³/mol. The summed E-state index contributed by atoms with van der Waals surface area (Å²) in [6, 6.07) is 0. The zero-order chi connectivity index (χ0) is 10.6. The average Bonchev–Trinajstić information content (AvgIpc) is 2.01. The van der Waals surface area contributed by atoms with Crippen molar-refractivity contribution in [2.45, 2.75) is 54.4 Å². The van der Waals surface area contributed by atoms with E-state index in [4.69, 9.17) is 0 Å². The molecule has 0 heteroatoms. The number of allylic oxidation sites excluding steroid dienone is 1. The minimum absolute atomic E-state index is 0.350. The van der Waals surface area contributed by atoms with Gasteiger partial charge in [-0.15, -0.1) is 0 Å². The van der Waals surface area contributed by atoms with Crippen molar-refractivity contribution in [3.05, 3.63) is 12.2 Å². The number of hydrogen-bond acceptors (Lipinski definition) is 0. The van der Waals surface area contributed by atoms with Gasteiger partial charge in [-0.3, -0.25) is 0 Å². The first kappa shape index (κ1) is 12.7. The molecule has 0 aromatic heterocycles. The van der Waals surface area contributed by atoms with Crippen LogP contribution in [0.25, 0.3) is 0 Å². The summed E-state index contributed by atoms with van der Waals surface area (Å²) in [7, 11) is 0. The third-order valence-electron chi connectivity index (χ3n) is 3.11. The van der Waals surface area contributed by atoms with Crippen molar-refractivity contribution in [1.82, 2.24) is 0 Å². The van der Waals surface area contributed by atoms with E-state index in [1.54, 1.807) is 0 Å². The van der Waals surface area contributed by atoms with Gasteiger partial charge in [-0.2, -0.15) is 0 Å². The topological polar surface area (TPSA) is 0 Å². The average molecular weight is 182 g/mol. The van der Waals surface area contributed by atoms with Gasteiger partial charge in [0.25, 0.3) is 0 Å². The van der Waals surface area contributed by atoms with Gasteiger partial charge in [0.2, 0.25) is 0 Å². The van der Waals surface area contributed by atoms with Crippen LogP contribution in [0.3, 0.4) is 0 Å². The molecule has 0 heterocycles. The molecule has 13 heavy (non-hydrogen) atoms. The van der Waals surface area contributed by atoms with Crippen LogP contribution in [0.1, 0.15) is 54.4 Å². The molecule has 0 aliphatic heterocycles. The van der Waals surface area contributed by atoms with E-state index in [2.05, 4.69) is 48.1 Å². The van der Waals surface area contributed by atoms with Gasteiger partial charge in [0.05, 0.1) is 0 Å². The molecule has 78 valence electrons. The fourth-order valence-electron chi connectivity index (χ4n) is 2.10. The molecule has 0 aromatic carbocycles. The fraction of sp³-hybridized carbons (Fsp3) is 0.846. The lowest BCUT2D eigenvalue weighted by molar-refractivity contribution is 0.281. The lowest BCUT2D eigenvalue weighted by atomic mass is 9.71. The summed E-state index contributed by atoms with van der Waals surface area (Å²) in [4.78, 5) is 0. The van der Waals surface area contributed by atoms with Crippen LogP contribution in [0.4, 0.5) is 0 Å². The van der Waals surface area contributed by atoms with E-state index in [-0.39, 0.29) is 0 Å². The summed E-state index contributed by atoms with van der Waals surface area (Å²) in [6.45, 7) is 18.0. The lowest BCUT2D eigenvalue weighted by Crippen LogP contribution is -2.23. The minimum atomic E-state index is 0.350. The molecule has 0 saturated heterocycles. The normalized spacial score (nSPS) is 16.3. The SMILES string of the molecule is C=C(C(C)C)C(C)(CC)CC(C)C. The second-order valence-corrected chi connectivity index (χ2v) is 5.19. The second kappa shape index (κ2) is 4.83. The van der Waals surface area contributed by atoms with Gasteiger partial charge in [0.15, 0.2) is 0 Å². The van der Waals surface area contributed by atoms with E-state index in [0.29, 0.717) is 11.3 Å². The van der Waals surface area contributed by atoms with Gasteiger partial charge in [0.1, 0.15) is 0 Å². The Morgan fingerprint density at radius 2 is 1.69 bits per heavy atom. The van der Waals surface area contributed by atoms with E-state index in [1.165, 1.54) is 18.4 Å². The van der Waals surface area contributed by atoms with Crippen molar-refractivity contribution in [1.29, 1.82) is 0 Å². The highest BCUT2D eigenvalue weighted by Gasteiger charge is 2.27. The van der Waals surface area contributed by atoms with Gasteiger partial charge >= 0.3 is 0 Å². The molecule has 0 amide bonds. The Kier molecular flexibility index (Phi) is 4.74. The van der Waals surface area contributed by atoms with E-state index in [0.717, 1.165) is 5.92 Å². The van der Waals surface area contributed by atoms with Crippen LogP contribution in [0.2, 0.25) is 0 Å². The molecule has 0 nitrogen and oxygen atoms in total. The van der Waals surface area contributed by atoms with Crippen molar-refractivity contribution < 1.29 is 0 Å². The quantitative estimate of drug-likeness (QED) is 0.542. The van der Waals surface area contributed by atoms with Crippen molar-refractivity contribution in [2.24, 2.45) is 17.3 Å². The zero-order valence-electron chi connectivity index (χ0n) is 10.3. The van der Waals surface area contributed by atoms with Crippen LogP contribution in [0.5, 0.6) is 0 Å². The Hall–Kier alpha value is -0.260. The molecule has 0 bridgehead atoms. The van der Waals surface area contributed by atoms with Crippen LogP contribution < -0.4 is 0 Å². The Morgan fingerprint density at radius 1 is 1.23 bits per heavy atom. The molecule has 1 unspecified atom stereocenters. The van der Waals surface area contributed by atoms with Crippen molar-refractivity contribution in [3.8, 4) is 0 Å². The highest BCUT2D eigenvalue weighted by molar-refractivity contribution is 5.10. The fourth-order valence-corrected chi connectivity index (χ4v) is 2.10. The number of rotatable bonds is 5. The first-order valence-electron chi connectivity index (χ1n) is 5.52. The third-order valence-corrected chi connectivity index (χ3v) is 3.11. The molecule has 0 aliphatic rings. The molecule has 0 radical (unpaired) electrons. The van der Waals surface area contributed by atoms with Crippen molar-refractivity contribution >= 4 is 0 Å². The van der Waals surface area contributed by atoms with E-state index in [1.807, 2.05) is 0 Å². The predicted octanol–water partition coefficient (Wildman–Crippen LogP) is 4.66. The van der Waals surface area contributed by atoms with Crippen LogP contribution >= 0.6 is 0 Å². The first-order valence-corrected chi connectivity index (χ1v) is 5.52. The van der Waals surface area contributed by atoms with Crippen LogP contribution in [0, 0.1) is 17.3 Å². The van der Waals surface area contributed by atoms with Gasteiger partial charge in [0, 0.05) is 0 Å². The Labute approximate surface area is 84.4 Å². The van der Waals surface area contributed by atoms with Crippen LogP contribution in [0.15, 0.2) is 12.2 Å². The van der Waals surface area contributed by atoms with Gasteiger partial charge < -0.3 is 0 Å². The largest absolute Gasteiger partial charge is 0.0991 e. The third kappa shape index (κ3) is 3.54. The molecule has 0 rings (SSSR count). The zero-order valence-corrected chi connectivity index (χ0v) is 10.3. The lowest BCUT2D eigenvalue weighted by Gasteiger charge is -2.34. The molecule has 0 N–H and O–H groups in total. The van der Waals surface area contributed by atoms with Crippen LogP contribution in [-0.2, 0) is 0 Å². The van der Waals surface area contributed by atoms with Gasteiger partial charge in [-0.1, -0.05) is 53.7 Å². The molecule has 0 fully saturated rings. The maximum atomic E-state index is 4.25. The minimum Gasteiger partial charge on any atom is -0.0991 e. The first-order chi connectivity index (χ1) is 5.83. The van der Waals surface area contributed by atoms with Crippen molar-refractivity contribution in [2.75, 3.05) is 0 Å². The molecule has 1 atom stereocenters. The summed E-state index contributed by atoms with van der Waals surface area (Å²) in [5, 5.41) is 0. The summed E-state index contributed by atoms with van der Waals surface area (Å²) in [6.07, 6.45) is 2.47. The summed E-state index contributed by atoms with van der Waals surface area (Å²) < 4.78 is 0.